The van der Waals surface area contributed by atoms with Crippen LogP contribution in [-0.2, 0) is 0 Å². The molecule has 2 aromatic rings. The van der Waals surface area contributed by atoms with E-state index in [4.69, 9.17) is 16.0 Å². The summed E-state index contributed by atoms with van der Waals surface area (Å²) in [7, 11) is 0. The van der Waals surface area contributed by atoms with Gasteiger partial charge in [-0.25, -0.2) is 0 Å². The topological polar surface area (TPSA) is 25.2 Å². The molecular weight excluding hydrogens is 246 g/mol. The Hall–Kier alpha value is -0.990. The third-order valence-corrected chi connectivity index (χ3v) is 3.76. The van der Waals surface area contributed by atoms with Crippen molar-refractivity contribution in [1.82, 2.24) is 5.32 Å². The second-order valence-corrected chi connectivity index (χ2v) is 5.14. The third kappa shape index (κ3) is 2.55. The highest BCUT2D eigenvalue weighted by Gasteiger charge is 2.21. The Kier molecular flexibility index (Phi) is 4.31. The molecule has 0 spiro atoms. The molecule has 0 saturated heterocycles. The molecular formula is C15H20ClNO. The van der Waals surface area contributed by atoms with Crippen molar-refractivity contribution in [3.05, 3.63) is 35.0 Å². The normalized spacial score (nSPS) is 14.9. The molecule has 3 heteroatoms. The van der Waals surface area contributed by atoms with Gasteiger partial charge >= 0.3 is 0 Å². The quantitative estimate of drug-likeness (QED) is 0.841. The summed E-state index contributed by atoms with van der Waals surface area (Å²) >= 11 is 6.15. The van der Waals surface area contributed by atoms with Crippen LogP contribution >= 0.6 is 11.6 Å². The maximum atomic E-state index is 6.15. The van der Waals surface area contributed by atoms with Crippen molar-refractivity contribution in [2.75, 3.05) is 6.54 Å². The average molecular weight is 266 g/mol. The van der Waals surface area contributed by atoms with Crippen molar-refractivity contribution in [1.29, 1.82) is 0 Å². The van der Waals surface area contributed by atoms with Crippen LogP contribution in [0.15, 0.2) is 28.7 Å². The van der Waals surface area contributed by atoms with Crippen molar-refractivity contribution < 1.29 is 4.42 Å². The van der Waals surface area contributed by atoms with Crippen LogP contribution in [0.4, 0.5) is 0 Å². The van der Waals surface area contributed by atoms with Gasteiger partial charge in [0.25, 0.3) is 0 Å². The van der Waals surface area contributed by atoms with Gasteiger partial charge in [-0.2, -0.15) is 0 Å². The molecule has 0 radical (unpaired) electrons. The van der Waals surface area contributed by atoms with Crippen LogP contribution < -0.4 is 5.32 Å². The molecule has 0 amide bonds. The first-order valence-corrected chi connectivity index (χ1v) is 6.96. The van der Waals surface area contributed by atoms with Gasteiger partial charge in [0.05, 0.1) is 11.1 Å². The van der Waals surface area contributed by atoms with Crippen LogP contribution in [0.3, 0.4) is 0 Å². The Morgan fingerprint density at radius 2 is 2.11 bits per heavy atom. The van der Waals surface area contributed by atoms with Gasteiger partial charge < -0.3 is 9.73 Å². The SMILES string of the molecule is CCNC(c1cc2cccc(Cl)c2o1)C(C)CC. The second kappa shape index (κ2) is 5.77. The molecule has 2 unspecified atom stereocenters. The molecule has 1 heterocycles. The molecule has 0 saturated carbocycles. The zero-order chi connectivity index (χ0) is 13.1. The second-order valence-electron chi connectivity index (χ2n) is 4.73. The summed E-state index contributed by atoms with van der Waals surface area (Å²) in [4.78, 5) is 0. The lowest BCUT2D eigenvalue weighted by molar-refractivity contribution is 0.331. The van der Waals surface area contributed by atoms with Crippen molar-refractivity contribution in [2.45, 2.75) is 33.2 Å². The van der Waals surface area contributed by atoms with E-state index in [9.17, 15) is 0 Å². The maximum Gasteiger partial charge on any atom is 0.152 e. The lowest BCUT2D eigenvalue weighted by atomic mass is 9.97. The number of rotatable bonds is 5. The first-order valence-electron chi connectivity index (χ1n) is 6.58. The highest BCUT2D eigenvalue weighted by molar-refractivity contribution is 6.34. The fourth-order valence-corrected chi connectivity index (χ4v) is 2.46. The molecule has 0 aliphatic carbocycles. The molecule has 98 valence electrons. The van der Waals surface area contributed by atoms with Gasteiger partial charge in [0, 0.05) is 5.39 Å². The van der Waals surface area contributed by atoms with Gasteiger partial charge in [0.15, 0.2) is 5.58 Å². The Bertz CT molecular complexity index is 520. The van der Waals surface area contributed by atoms with Crippen molar-refractivity contribution >= 4 is 22.6 Å². The van der Waals surface area contributed by atoms with E-state index in [1.54, 1.807) is 0 Å². The predicted octanol–water partition coefficient (Wildman–Crippen LogP) is 4.78. The lowest BCUT2D eigenvalue weighted by Crippen LogP contribution is -2.26. The summed E-state index contributed by atoms with van der Waals surface area (Å²) < 4.78 is 5.94. The summed E-state index contributed by atoms with van der Waals surface area (Å²) in [5.41, 5.74) is 0.792. The Balaban J connectivity index is 2.41. The number of halogens is 1. The lowest BCUT2D eigenvalue weighted by Gasteiger charge is -2.21. The van der Waals surface area contributed by atoms with E-state index in [2.05, 4.69) is 32.2 Å². The molecule has 0 aliphatic rings. The zero-order valence-electron chi connectivity index (χ0n) is 11.2. The standard InChI is InChI=1S/C15H20ClNO/c1-4-10(3)14(17-5-2)13-9-11-7-6-8-12(16)15(11)18-13/h6-10,14,17H,4-5H2,1-3H3. The minimum atomic E-state index is 0.253. The smallest absolute Gasteiger partial charge is 0.152 e. The largest absolute Gasteiger partial charge is 0.458 e. The summed E-state index contributed by atoms with van der Waals surface area (Å²) in [6.45, 7) is 7.48. The van der Waals surface area contributed by atoms with Crippen LogP contribution in [0, 0.1) is 5.92 Å². The van der Waals surface area contributed by atoms with E-state index in [-0.39, 0.29) is 6.04 Å². The molecule has 2 atom stereocenters. The molecule has 0 bridgehead atoms. The first-order chi connectivity index (χ1) is 8.67. The fraction of sp³-hybridized carbons (Fsp3) is 0.467. The van der Waals surface area contributed by atoms with E-state index < -0.39 is 0 Å². The van der Waals surface area contributed by atoms with Crippen LogP contribution in [-0.4, -0.2) is 6.54 Å². The maximum absolute atomic E-state index is 6.15. The van der Waals surface area contributed by atoms with Gasteiger partial charge in [-0.15, -0.1) is 0 Å². The Labute approximate surface area is 113 Å². The van der Waals surface area contributed by atoms with E-state index in [1.165, 1.54) is 0 Å². The molecule has 1 aromatic carbocycles. The molecule has 18 heavy (non-hydrogen) atoms. The summed E-state index contributed by atoms with van der Waals surface area (Å²) in [6.07, 6.45) is 1.11. The number of hydrogen-bond acceptors (Lipinski definition) is 2. The van der Waals surface area contributed by atoms with Crippen LogP contribution in [0.1, 0.15) is 39.0 Å². The average Bonchev–Trinajstić information content (AvgIpc) is 2.80. The highest BCUT2D eigenvalue weighted by atomic mass is 35.5. The van der Waals surface area contributed by atoms with E-state index in [1.807, 2.05) is 18.2 Å². The number of benzene rings is 1. The van der Waals surface area contributed by atoms with Crippen molar-refractivity contribution in [3.8, 4) is 0 Å². The number of para-hydroxylation sites is 1. The molecule has 1 aromatic heterocycles. The molecule has 2 rings (SSSR count). The molecule has 0 fully saturated rings. The fourth-order valence-electron chi connectivity index (χ4n) is 2.24. The van der Waals surface area contributed by atoms with Crippen molar-refractivity contribution in [2.24, 2.45) is 5.92 Å². The number of nitrogens with one attached hydrogen (secondary N) is 1. The predicted molar refractivity (Wildman–Crippen MR) is 77.1 cm³/mol. The summed E-state index contributed by atoms with van der Waals surface area (Å²) in [5, 5.41) is 5.24. The monoisotopic (exact) mass is 265 g/mol. The Morgan fingerprint density at radius 3 is 2.72 bits per heavy atom. The highest BCUT2D eigenvalue weighted by Crippen LogP contribution is 2.32. The van der Waals surface area contributed by atoms with Gasteiger partial charge in [0.1, 0.15) is 5.76 Å². The summed E-state index contributed by atoms with van der Waals surface area (Å²) in [6, 6.07) is 8.20. The van der Waals surface area contributed by atoms with E-state index >= 15 is 0 Å². The third-order valence-electron chi connectivity index (χ3n) is 3.46. The molecule has 1 N–H and O–H groups in total. The van der Waals surface area contributed by atoms with E-state index in [0.717, 1.165) is 29.7 Å². The van der Waals surface area contributed by atoms with Gasteiger partial charge in [-0.3, -0.25) is 0 Å². The molecule has 0 aliphatic heterocycles. The Morgan fingerprint density at radius 1 is 1.33 bits per heavy atom. The minimum absolute atomic E-state index is 0.253. The van der Waals surface area contributed by atoms with Gasteiger partial charge in [-0.05, 0) is 24.6 Å². The first kappa shape index (κ1) is 13.4. The molecule has 2 nitrogen and oxygen atoms in total. The number of fused-ring (bicyclic) bond motifs is 1. The van der Waals surface area contributed by atoms with Crippen LogP contribution in [0.5, 0.6) is 0 Å². The summed E-state index contributed by atoms with van der Waals surface area (Å²) in [5.74, 6) is 1.51. The van der Waals surface area contributed by atoms with Gasteiger partial charge in [0.2, 0.25) is 0 Å². The minimum Gasteiger partial charge on any atom is -0.458 e. The van der Waals surface area contributed by atoms with Crippen LogP contribution in [0.2, 0.25) is 5.02 Å². The van der Waals surface area contributed by atoms with Gasteiger partial charge in [-0.1, -0.05) is 50.9 Å². The number of furan rings is 1. The van der Waals surface area contributed by atoms with Crippen LogP contribution in [0.25, 0.3) is 11.0 Å². The van der Waals surface area contributed by atoms with Crippen molar-refractivity contribution in [3.63, 3.8) is 0 Å². The zero-order valence-corrected chi connectivity index (χ0v) is 11.9. The number of hydrogen-bond donors (Lipinski definition) is 1. The van der Waals surface area contributed by atoms with E-state index in [0.29, 0.717) is 10.9 Å².